The maximum atomic E-state index is 13.1. The zero-order valence-electron chi connectivity index (χ0n) is 22.1. The zero-order valence-corrected chi connectivity index (χ0v) is 22.1. The molecule has 0 aromatic heterocycles. The molecule has 0 aromatic rings. The van der Waals surface area contributed by atoms with E-state index in [-0.39, 0.29) is 23.0 Å². The molecule has 0 radical (unpaired) electrons. The predicted octanol–water partition coefficient (Wildman–Crippen LogP) is 5.57. The van der Waals surface area contributed by atoms with Gasteiger partial charge in [0.05, 0.1) is 18.6 Å². The summed E-state index contributed by atoms with van der Waals surface area (Å²) in [5.41, 5.74) is -0.286. The first-order valence-corrected chi connectivity index (χ1v) is 13.8. The fourth-order valence-corrected chi connectivity index (χ4v) is 9.09. The second-order valence-electron chi connectivity index (χ2n) is 13.1. The van der Waals surface area contributed by atoms with Crippen molar-refractivity contribution in [3.63, 3.8) is 0 Å². The summed E-state index contributed by atoms with van der Waals surface area (Å²) < 4.78 is 18.2. The van der Waals surface area contributed by atoms with Crippen molar-refractivity contribution < 1.29 is 23.8 Å². The molecule has 4 saturated carbocycles. The van der Waals surface area contributed by atoms with Gasteiger partial charge in [-0.2, -0.15) is 0 Å². The largest absolute Gasteiger partial charge is 0.456 e. The number of ether oxygens (including phenoxy) is 3. The van der Waals surface area contributed by atoms with Gasteiger partial charge in [0.15, 0.2) is 0 Å². The average Bonchev–Trinajstić information content (AvgIpc) is 3.63. The van der Waals surface area contributed by atoms with Gasteiger partial charge in [-0.1, -0.05) is 30.9 Å². The van der Waals surface area contributed by atoms with Gasteiger partial charge in [0.2, 0.25) is 0 Å². The van der Waals surface area contributed by atoms with E-state index in [0.29, 0.717) is 53.9 Å². The second-order valence-corrected chi connectivity index (χ2v) is 13.1. The highest BCUT2D eigenvalue weighted by atomic mass is 16.6. The Kier molecular flexibility index (Phi) is 5.50. The van der Waals surface area contributed by atoms with Crippen LogP contribution in [0.2, 0.25) is 0 Å². The van der Waals surface area contributed by atoms with Crippen LogP contribution in [0, 0.1) is 46.8 Å². The van der Waals surface area contributed by atoms with Crippen LogP contribution in [-0.2, 0) is 23.8 Å². The lowest BCUT2D eigenvalue weighted by Crippen LogP contribution is -2.47. The van der Waals surface area contributed by atoms with Crippen molar-refractivity contribution in [2.75, 3.05) is 13.2 Å². The fraction of sp³-hybridized carbons (Fsp3) is 0.677. The highest BCUT2D eigenvalue weighted by molar-refractivity contribution is 5.88. The molecule has 6 aliphatic carbocycles. The third-order valence-electron chi connectivity index (χ3n) is 10.8. The fourth-order valence-electron chi connectivity index (χ4n) is 9.09. The van der Waals surface area contributed by atoms with Crippen LogP contribution in [0.15, 0.2) is 48.1 Å². The SMILES string of the molecule is C=C(C)C(=O)OC1(C)CC2C=CC1(COC/C=C(/C)C(=O)OC1(C)CC3CC1C1C4C=CC(C4)C31)C2. The zero-order chi connectivity index (χ0) is 25.5. The van der Waals surface area contributed by atoms with Crippen LogP contribution in [-0.4, -0.2) is 36.4 Å². The molecule has 36 heavy (non-hydrogen) atoms. The predicted molar refractivity (Wildman–Crippen MR) is 137 cm³/mol. The van der Waals surface area contributed by atoms with Crippen molar-refractivity contribution in [2.45, 2.75) is 71.0 Å². The molecule has 10 unspecified atom stereocenters. The molecule has 5 heteroatoms. The highest BCUT2D eigenvalue weighted by Gasteiger charge is 2.66. The lowest BCUT2D eigenvalue weighted by atomic mass is 9.68. The average molecular weight is 493 g/mol. The summed E-state index contributed by atoms with van der Waals surface area (Å²) >= 11 is 0. The minimum Gasteiger partial charge on any atom is -0.456 e. The number of rotatable bonds is 8. The van der Waals surface area contributed by atoms with Gasteiger partial charge in [-0.05, 0) is 101 Å². The number of hydrogen-bond acceptors (Lipinski definition) is 5. The minimum absolute atomic E-state index is 0.219. The standard InChI is InChI=1S/C31H40O5/c1-18(2)27(32)36-30(5)14-20-8-10-31(30,15-20)17-34-11-9-19(3)28(33)35-29(4)16-23-13-24(29)26-22-7-6-21(12-22)25(23)26/h6-10,20-26H,1,11-17H2,2-5H3/b19-9-. The maximum Gasteiger partial charge on any atom is 0.334 e. The summed E-state index contributed by atoms with van der Waals surface area (Å²) in [4.78, 5) is 25.3. The number of fused-ring (bicyclic) bond motifs is 11. The monoisotopic (exact) mass is 492 g/mol. The molecule has 0 spiro atoms. The molecule has 4 fully saturated rings. The van der Waals surface area contributed by atoms with Crippen molar-refractivity contribution in [1.82, 2.24) is 0 Å². The van der Waals surface area contributed by atoms with Gasteiger partial charge in [-0.25, -0.2) is 9.59 Å². The smallest absolute Gasteiger partial charge is 0.334 e. The van der Waals surface area contributed by atoms with Crippen molar-refractivity contribution in [1.29, 1.82) is 0 Å². The van der Waals surface area contributed by atoms with Crippen LogP contribution in [0.25, 0.3) is 0 Å². The van der Waals surface area contributed by atoms with Crippen LogP contribution < -0.4 is 0 Å². The van der Waals surface area contributed by atoms with E-state index in [4.69, 9.17) is 14.2 Å². The van der Waals surface area contributed by atoms with Gasteiger partial charge in [0.1, 0.15) is 11.2 Å². The minimum atomic E-state index is -0.608. The second kappa shape index (κ2) is 8.18. The van der Waals surface area contributed by atoms with E-state index in [1.165, 1.54) is 12.8 Å². The summed E-state index contributed by atoms with van der Waals surface area (Å²) in [6.07, 6.45) is 16.3. The van der Waals surface area contributed by atoms with Crippen molar-refractivity contribution in [3.8, 4) is 0 Å². The molecule has 0 heterocycles. The molecule has 5 nitrogen and oxygen atoms in total. The molecule has 0 aliphatic heterocycles. The molecular weight excluding hydrogens is 452 g/mol. The molecule has 0 amide bonds. The maximum absolute atomic E-state index is 13.1. The first kappa shape index (κ1) is 24.2. The Balaban J connectivity index is 1.04. The summed E-state index contributed by atoms with van der Waals surface area (Å²) in [6, 6.07) is 0. The summed E-state index contributed by atoms with van der Waals surface area (Å²) in [7, 11) is 0. The van der Waals surface area contributed by atoms with E-state index in [2.05, 4.69) is 37.8 Å². The Labute approximate surface area is 215 Å². The van der Waals surface area contributed by atoms with Gasteiger partial charge >= 0.3 is 11.9 Å². The van der Waals surface area contributed by atoms with Gasteiger partial charge in [-0.3, -0.25) is 0 Å². The van der Waals surface area contributed by atoms with Gasteiger partial charge in [0, 0.05) is 17.1 Å². The quantitative estimate of drug-likeness (QED) is 0.146. The van der Waals surface area contributed by atoms with Crippen molar-refractivity contribution in [3.05, 3.63) is 48.1 Å². The molecule has 10 atom stereocenters. The molecule has 6 aliphatic rings. The molecular formula is C31H40O5. The van der Waals surface area contributed by atoms with Gasteiger partial charge in [-0.15, -0.1) is 0 Å². The highest BCUT2D eigenvalue weighted by Crippen LogP contribution is 2.68. The summed E-state index contributed by atoms with van der Waals surface area (Å²) in [5, 5.41) is 0. The normalized spacial score (nSPS) is 47.0. The van der Waals surface area contributed by atoms with Gasteiger partial charge in [0.25, 0.3) is 0 Å². The first-order chi connectivity index (χ1) is 17.0. The molecule has 6 rings (SSSR count). The Morgan fingerprint density at radius 1 is 0.972 bits per heavy atom. The summed E-state index contributed by atoms with van der Waals surface area (Å²) in [5.74, 6) is 4.00. The molecule has 194 valence electrons. The molecule has 0 saturated heterocycles. The summed E-state index contributed by atoms with van der Waals surface area (Å²) in [6.45, 7) is 12.2. The Morgan fingerprint density at radius 3 is 2.44 bits per heavy atom. The topological polar surface area (TPSA) is 61.8 Å². The molecule has 0 aromatic carbocycles. The lowest BCUT2D eigenvalue weighted by Gasteiger charge is -2.42. The van der Waals surface area contributed by atoms with Crippen LogP contribution in [0.3, 0.4) is 0 Å². The number of esters is 2. The number of allylic oxidation sites excluding steroid dienone is 3. The van der Waals surface area contributed by atoms with E-state index in [1.807, 2.05) is 19.9 Å². The molecule has 6 bridgehead atoms. The Hall–Kier alpha value is -2.14. The van der Waals surface area contributed by atoms with Gasteiger partial charge < -0.3 is 14.2 Å². The van der Waals surface area contributed by atoms with Crippen molar-refractivity contribution >= 4 is 11.9 Å². The third-order valence-corrected chi connectivity index (χ3v) is 10.8. The number of carbonyl (C=O) groups excluding carboxylic acids is 2. The number of carbonyl (C=O) groups is 2. The first-order valence-electron chi connectivity index (χ1n) is 13.8. The van der Waals surface area contributed by atoms with Crippen LogP contribution >= 0.6 is 0 Å². The van der Waals surface area contributed by atoms with E-state index in [9.17, 15) is 9.59 Å². The Morgan fingerprint density at radius 2 is 1.72 bits per heavy atom. The van der Waals surface area contributed by atoms with Crippen LogP contribution in [0.4, 0.5) is 0 Å². The van der Waals surface area contributed by atoms with Crippen LogP contribution in [0.1, 0.15) is 59.8 Å². The van der Waals surface area contributed by atoms with E-state index in [0.717, 1.165) is 31.1 Å². The third kappa shape index (κ3) is 3.52. The van der Waals surface area contributed by atoms with E-state index < -0.39 is 5.60 Å². The lowest BCUT2D eigenvalue weighted by molar-refractivity contribution is -0.166. The van der Waals surface area contributed by atoms with Crippen LogP contribution in [0.5, 0.6) is 0 Å². The van der Waals surface area contributed by atoms with Crippen molar-refractivity contribution in [2.24, 2.45) is 46.8 Å². The number of hydrogen-bond donors (Lipinski definition) is 0. The van der Waals surface area contributed by atoms with E-state index >= 15 is 0 Å². The molecule has 0 N–H and O–H groups in total. The van der Waals surface area contributed by atoms with E-state index in [1.54, 1.807) is 6.92 Å². The Bertz CT molecular complexity index is 1080.